The van der Waals surface area contributed by atoms with Crippen molar-refractivity contribution in [2.24, 2.45) is 0 Å². The van der Waals surface area contributed by atoms with E-state index in [4.69, 9.17) is 11.6 Å². The third-order valence-corrected chi connectivity index (χ3v) is 3.98. The molecular weight excluding hydrogens is 297 g/mol. The van der Waals surface area contributed by atoms with Crippen LogP contribution in [-0.2, 0) is 6.54 Å². The van der Waals surface area contributed by atoms with E-state index in [9.17, 15) is 4.39 Å². The summed E-state index contributed by atoms with van der Waals surface area (Å²) in [5.41, 5.74) is 0.619. The molecule has 0 atom stereocenters. The van der Waals surface area contributed by atoms with Gasteiger partial charge in [0.25, 0.3) is 0 Å². The summed E-state index contributed by atoms with van der Waals surface area (Å²) in [7, 11) is 1.86. The lowest BCUT2D eigenvalue weighted by Crippen LogP contribution is -2.19. The standard InChI is InChI=1S/C14H11ClFN3S/c1-19(8-9-4-2-3-5-11(9)16)12-10-6-7-20-13(10)18-14(15)17-12/h2-7H,8H2,1H3. The van der Waals surface area contributed by atoms with Crippen molar-refractivity contribution in [1.29, 1.82) is 0 Å². The molecule has 2 heterocycles. The Morgan fingerprint density at radius 1 is 1.25 bits per heavy atom. The lowest BCUT2D eigenvalue weighted by molar-refractivity contribution is 0.607. The fourth-order valence-electron chi connectivity index (χ4n) is 2.06. The second-order valence-electron chi connectivity index (χ2n) is 4.40. The van der Waals surface area contributed by atoms with E-state index in [0.29, 0.717) is 17.9 Å². The summed E-state index contributed by atoms with van der Waals surface area (Å²) in [5.74, 6) is 0.491. The second kappa shape index (κ2) is 5.34. The van der Waals surface area contributed by atoms with Crippen LogP contribution in [0.2, 0.25) is 5.28 Å². The first-order chi connectivity index (χ1) is 9.65. The van der Waals surface area contributed by atoms with Gasteiger partial charge in [-0.15, -0.1) is 11.3 Å². The summed E-state index contributed by atoms with van der Waals surface area (Å²) in [6.45, 7) is 0.422. The zero-order valence-corrected chi connectivity index (χ0v) is 12.2. The van der Waals surface area contributed by atoms with Crippen LogP contribution in [0.4, 0.5) is 10.2 Å². The van der Waals surface area contributed by atoms with Gasteiger partial charge in [0, 0.05) is 19.2 Å². The number of fused-ring (bicyclic) bond motifs is 1. The second-order valence-corrected chi connectivity index (χ2v) is 5.64. The highest BCUT2D eigenvalue weighted by molar-refractivity contribution is 7.16. The summed E-state index contributed by atoms with van der Waals surface area (Å²) in [4.78, 5) is 11.1. The van der Waals surface area contributed by atoms with Gasteiger partial charge in [0.2, 0.25) is 5.28 Å². The first-order valence-corrected chi connectivity index (χ1v) is 7.26. The van der Waals surface area contributed by atoms with Crippen molar-refractivity contribution in [2.45, 2.75) is 6.54 Å². The number of thiophene rings is 1. The van der Waals surface area contributed by atoms with Crippen LogP contribution in [0, 0.1) is 5.82 Å². The predicted molar refractivity (Wildman–Crippen MR) is 80.9 cm³/mol. The van der Waals surface area contributed by atoms with Crippen LogP contribution in [0.5, 0.6) is 0 Å². The largest absolute Gasteiger partial charge is 0.355 e. The molecule has 0 saturated heterocycles. The number of rotatable bonds is 3. The van der Waals surface area contributed by atoms with Crippen LogP contribution in [0.15, 0.2) is 35.7 Å². The summed E-state index contributed by atoms with van der Waals surface area (Å²) >= 11 is 7.45. The topological polar surface area (TPSA) is 29.0 Å². The van der Waals surface area contributed by atoms with Gasteiger partial charge in [-0.3, -0.25) is 0 Å². The van der Waals surface area contributed by atoms with E-state index in [1.54, 1.807) is 12.1 Å². The molecule has 3 aromatic rings. The molecule has 0 N–H and O–H groups in total. The average molecular weight is 308 g/mol. The molecular formula is C14H11ClFN3S. The Morgan fingerprint density at radius 3 is 2.85 bits per heavy atom. The minimum absolute atomic E-state index is 0.204. The van der Waals surface area contributed by atoms with E-state index >= 15 is 0 Å². The molecule has 3 nitrogen and oxygen atoms in total. The fraction of sp³-hybridized carbons (Fsp3) is 0.143. The molecule has 0 amide bonds. The summed E-state index contributed by atoms with van der Waals surface area (Å²) < 4.78 is 13.7. The Labute approximate surface area is 124 Å². The molecule has 6 heteroatoms. The van der Waals surface area contributed by atoms with E-state index in [0.717, 1.165) is 10.2 Å². The fourth-order valence-corrected chi connectivity index (χ4v) is 3.04. The first kappa shape index (κ1) is 13.3. The van der Waals surface area contributed by atoms with Crippen LogP contribution < -0.4 is 4.90 Å². The van der Waals surface area contributed by atoms with Crippen LogP contribution in [-0.4, -0.2) is 17.0 Å². The monoisotopic (exact) mass is 307 g/mol. The van der Waals surface area contributed by atoms with Gasteiger partial charge in [-0.2, -0.15) is 4.98 Å². The van der Waals surface area contributed by atoms with Crippen molar-refractivity contribution in [1.82, 2.24) is 9.97 Å². The van der Waals surface area contributed by atoms with Gasteiger partial charge in [-0.25, -0.2) is 9.37 Å². The zero-order chi connectivity index (χ0) is 14.1. The molecule has 0 fully saturated rings. The molecule has 2 aromatic heterocycles. The Morgan fingerprint density at radius 2 is 2.05 bits per heavy atom. The molecule has 0 aliphatic carbocycles. The van der Waals surface area contributed by atoms with E-state index in [1.807, 2.05) is 29.5 Å². The minimum Gasteiger partial charge on any atom is -0.355 e. The number of nitrogens with zero attached hydrogens (tertiary/aromatic N) is 3. The Balaban J connectivity index is 1.98. The predicted octanol–water partition coefficient (Wildman–Crippen LogP) is 4.12. The average Bonchev–Trinajstić information content (AvgIpc) is 2.88. The van der Waals surface area contributed by atoms with E-state index in [1.165, 1.54) is 17.4 Å². The van der Waals surface area contributed by atoms with E-state index in [2.05, 4.69) is 9.97 Å². The lowest BCUT2D eigenvalue weighted by atomic mass is 10.2. The lowest BCUT2D eigenvalue weighted by Gasteiger charge is -2.19. The Bertz CT molecular complexity index is 759. The number of hydrogen-bond donors (Lipinski definition) is 0. The highest BCUT2D eigenvalue weighted by Gasteiger charge is 2.13. The quantitative estimate of drug-likeness (QED) is 0.682. The van der Waals surface area contributed by atoms with Gasteiger partial charge in [-0.1, -0.05) is 18.2 Å². The maximum absolute atomic E-state index is 13.7. The van der Waals surface area contributed by atoms with Crippen molar-refractivity contribution in [3.8, 4) is 0 Å². The molecule has 0 aliphatic heterocycles. The third-order valence-electron chi connectivity index (χ3n) is 3.00. The third kappa shape index (κ3) is 2.46. The molecule has 0 saturated carbocycles. The summed E-state index contributed by atoms with van der Waals surface area (Å²) in [5, 5.41) is 3.07. The van der Waals surface area contributed by atoms with Crippen molar-refractivity contribution in [2.75, 3.05) is 11.9 Å². The van der Waals surface area contributed by atoms with Gasteiger partial charge < -0.3 is 4.90 Å². The van der Waals surface area contributed by atoms with Crippen LogP contribution in [0.1, 0.15) is 5.56 Å². The normalized spacial score (nSPS) is 10.9. The number of hydrogen-bond acceptors (Lipinski definition) is 4. The highest BCUT2D eigenvalue weighted by atomic mass is 35.5. The summed E-state index contributed by atoms with van der Waals surface area (Å²) in [6, 6.07) is 8.66. The zero-order valence-electron chi connectivity index (χ0n) is 10.7. The molecule has 0 bridgehead atoms. The van der Waals surface area contributed by atoms with E-state index in [-0.39, 0.29) is 11.1 Å². The number of benzene rings is 1. The van der Waals surface area contributed by atoms with E-state index < -0.39 is 0 Å². The van der Waals surface area contributed by atoms with Crippen molar-refractivity contribution in [3.05, 3.63) is 52.4 Å². The van der Waals surface area contributed by atoms with Gasteiger partial charge >= 0.3 is 0 Å². The Hall–Kier alpha value is -1.72. The van der Waals surface area contributed by atoms with Gasteiger partial charge in [0.15, 0.2) is 0 Å². The molecule has 3 rings (SSSR count). The number of aromatic nitrogens is 2. The number of halogens is 2. The molecule has 102 valence electrons. The van der Waals surface area contributed by atoms with Crippen LogP contribution in [0.3, 0.4) is 0 Å². The van der Waals surface area contributed by atoms with Crippen LogP contribution >= 0.6 is 22.9 Å². The minimum atomic E-state index is -0.221. The molecule has 0 radical (unpaired) electrons. The van der Waals surface area contributed by atoms with Crippen molar-refractivity contribution >= 4 is 39.0 Å². The first-order valence-electron chi connectivity index (χ1n) is 6.00. The van der Waals surface area contributed by atoms with Gasteiger partial charge in [-0.05, 0) is 29.1 Å². The van der Waals surface area contributed by atoms with Crippen molar-refractivity contribution in [3.63, 3.8) is 0 Å². The van der Waals surface area contributed by atoms with Gasteiger partial charge in [0.1, 0.15) is 16.5 Å². The maximum Gasteiger partial charge on any atom is 0.225 e. The molecule has 0 unspecified atom stereocenters. The van der Waals surface area contributed by atoms with Crippen molar-refractivity contribution < 1.29 is 4.39 Å². The molecule has 0 spiro atoms. The molecule has 0 aliphatic rings. The summed E-state index contributed by atoms with van der Waals surface area (Å²) in [6.07, 6.45) is 0. The number of anilines is 1. The molecule has 20 heavy (non-hydrogen) atoms. The SMILES string of the molecule is CN(Cc1ccccc1F)c1nc(Cl)nc2sccc12. The molecule has 1 aromatic carbocycles. The Kier molecular flexibility index (Phi) is 3.54. The maximum atomic E-state index is 13.7. The highest BCUT2D eigenvalue weighted by Crippen LogP contribution is 2.29. The van der Waals surface area contributed by atoms with Gasteiger partial charge in [0.05, 0.1) is 5.39 Å². The smallest absolute Gasteiger partial charge is 0.225 e. The van der Waals surface area contributed by atoms with Crippen LogP contribution in [0.25, 0.3) is 10.2 Å².